The normalized spacial score (nSPS) is 17.0. The molecule has 2 N–H and O–H groups in total. The molecule has 1 aliphatic rings. The van der Waals surface area contributed by atoms with Crippen molar-refractivity contribution in [3.8, 4) is 0 Å². The first-order valence-corrected chi connectivity index (χ1v) is 7.68. The highest BCUT2D eigenvalue weighted by molar-refractivity contribution is 5.92. The molecule has 120 valence electrons. The van der Waals surface area contributed by atoms with E-state index in [1.54, 1.807) is 18.3 Å². The van der Waals surface area contributed by atoms with Crippen LogP contribution in [-0.2, 0) is 11.3 Å². The van der Waals surface area contributed by atoms with E-state index in [4.69, 9.17) is 4.74 Å². The molecule has 0 aromatic carbocycles. The number of hydrogen-bond donors (Lipinski definition) is 2. The molecule has 0 saturated carbocycles. The molecule has 2 aromatic heterocycles. The van der Waals surface area contributed by atoms with Crippen LogP contribution in [0.3, 0.4) is 0 Å². The summed E-state index contributed by atoms with van der Waals surface area (Å²) in [6, 6.07) is 8.96. The monoisotopic (exact) mass is 313 g/mol. The fourth-order valence-corrected chi connectivity index (χ4v) is 2.34. The average molecular weight is 313 g/mol. The Balaban J connectivity index is 1.48. The predicted molar refractivity (Wildman–Crippen MR) is 84.9 cm³/mol. The molecule has 7 nitrogen and oxygen atoms in total. The molecule has 3 rings (SSSR count). The van der Waals surface area contributed by atoms with Gasteiger partial charge in [0, 0.05) is 19.3 Å². The Bertz CT molecular complexity index is 627. The Kier molecular flexibility index (Phi) is 5.10. The smallest absolute Gasteiger partial charge is 0.272 e. The van der Waals surface area contributed by atoms with Crippen LogP contribution < -0.4 is 10.6 Å². The molecule has 1 fully saturated rings. The number of anilines is 1. The molecule has 1 unspecified atom stereocenters. The van der Waals surface area contributed by atoms with Crippen molar-refractivity contribution in [2.24, 2.45) is 0 Å². The first-order valence-electron chi connectivity index (χ1n) is 7.68. The minimum absolute atomic E-state index is 0.234. The van der Waals surface area contributed by atoms with Crippen LogP contribution >= 0.6 is 0 Å². The number of rotatable bonds is 6. The number of carbonyl (C=O) groups is 1. The van der Waals surface area contributed by atoms with Gasteiger partial charge in [-0.3, -0.25) is 9.78 Å². The van der Waals surface area contributed by atoms with E-state index in [9.17, 15) is 4.79 Å². The summed E-state index contributed by atoms with van der Waals surface area (Å²) in [6.45, 7) is 1.90. The van der Waals surface area contributed by atoms with E-state index in [1.807, 2.05) is 18.2 Å². The molecule has 0 bridgehead atoms. The maximum absolute atomic E-state index is 12.0. The van der Waals surface area contributed by atoms with Crippen molar-refractivity contribution < 1.29 is 9.53 Å². The predicted octanol–water partition coefficient (Wildman–Crippen LogP) is 1.39. The molecule has 1 saturated heterocycles. The minimum atomic E-state index is -0.270. The number of nitrogens with zero attached hydrogens (tertiary/aromatic N) is 3. The van der Waals surface area contributed by atoms with Gasteiger partial charge in [0.2, 0.25) is 0 Å². The molecule has 0 spiro atoms. The van der Waals surface area contributed by atoms with Crippen LogP contribution in [-0.4, -0.2) is 40.3 Å². The largest absolute Gasteiger partial charge is 0.376 e. The molecule has 23 heavy (non-hydrogen) atoms. The van der Waals surface area contributed by atoms with Crippen LogP contribution in [0.15, 0.2) is 36.5 Å². The average Bonchev–Trinajstić information content (AvgIpc) is 3.13. The highest BCUT2D eigenvalue weighted by Gasteiger charge is 2.15. The maximum Gasteiger partial charge on any atom is 0.272 e. The highest BCUT2D eigenvalue weighted by atomic mass is 16.5. The topological polar surface area (TPSA) is 89.0 Å². The van der Waals surface area contributed by atoms with Crippen LogP contribution in [0, 0.1) is 0 Å². The summed E-state index contributed by atoms with van der Waals surface area (Å²) in [4.78, 5) is 16.2. The summed E-state index contributed by atoms with van der Waals surface area (Å²) in [5, 5.41) is 13.9. The van der Waals surface area contributed by atoms with E-state index < -0.39 is 0 Å². The Morgan fingerprint density at radius 3 is 2.91 bits per heavy atom. The first kappa shape index (κ1) is 15.4. The van der Waals surface area contributed by atoms with Crippen LogP contribution in [0.25, 0.3) is 0 Å². The van der Waals surface area contributed by atoms with E-state index in [1.165, 1.54) is 0 Å². The van der Waals surface area contributed by atoms with Gasteiger partial charge in [-0.2, -0.15) is 0 Å². The third-order valence-electron chi connectivity index (χ3n) is 3.59. The quantitative estimate of drug-likeness (QED) is 0.838. The Morgan fingerprint density at radius 2 is 2.22 bits per heavy atom. The van der Waals surface area contributed by atoms with Crippen LogP contribution in [0.1, 0.15) is 29.0 Å². The fourth-order valence-electron chi connectivity index (χ4n) is 2.34. The SMILES string of the molecule is O=C(NCc1ccccn1)c1ccc(NCC2CCCO2)nn1. The highest BCUT2D eigenvalue weighted by Crippen LogP contribution is 2.12. The summed E-state index contributed by atoms with van der Waals surface area (Å²) >= 11 is 0. The third kappa shape index (κ3) is 4.46. The van der Waals surface area contributed by atoms with Gasteiger partial charge < -0.3 is 15.4 Å². The second-order valence-electron chi connectivity index (χ2n) is 5.32. The molecule has 0 radical (unpaired) electrons. The second kappa shape index (κ2) is 7.64. The zero-order valence-corrected chi connectivity index (χ0v) is 12.7. The maximum atomic E-state index is 12.0. The van der Waals surface area contributed by atoms with Gasteiger partial charge in [0.15, 0.2) is 5.69 Å². The van der Waals surface area contributed by atoms with Gasteiger partial charge in [-0.15, -0.1) is 10.2 Å². The molecule has 1 amide bonds. The van der Waals surface area contributed by atoms with Gasteiger partial charge in [0.05, 0.1) is 18.3 Å². The van der Waals surface area contributed by atoms with Crippen molar-refractivity contribution >= 4 is 11.7 Å². The van der Waals surface area contributed by atoms with E-state index in [-0.39, 0.29) is 17.7 Å². The molecule has 3 heterocycles. The van der Waals surface area contributed by atoms with Gasteiger partial charge in [-0.1, -0.05) is 6.07 Å². The third-order valence-corrected chi connectivity index (χ3v) is 3.59. The van der Waals surface area contributed by atoms with Crippen molar-refractivity contribution in [2.45, 2.75) is 25.5 Å². The summed E-state index contributed by atoms with van der Waals surface area (Å²) in [5.74, 6) is 0.371. The van der Waals surface area contributed by atoms with Crippen molar-refractivity contribution in [3.05, 3.63) is 47.9 Å². The van der Waals surface area contributed by atoms with E-state index >= 15 is 0 Å². The van der Waals surface area contributed by atoms with Crippen molar-refractivity contribution in [2.75, 3.05) is 18.5 Å². The van der Waals surface area contributed by atoms with Gasteiger partial charge in [-0.05, 0) is 37.1 Å². The lowest BCUT2D eigenvalue weighted by molar-refractivity contribution is 0.0944. The molecule has 7 heteroatoms. The lowest BCUT2D eigenvalue weighted by Crippen LogP contribution is -2.25. The van der Waals surface area contributed by atoms with Crippen molar-refractivity contribution in [1.29, 1.82) is 0 Å². The van der Waals surface area contributed by atoms with E-state index in [2.05, 4.69) is 25.8 Å². The number of pyridine rings is 1. The van der Waals surface area contributed by atoms with E-state index in [0.29, 0.717) is 18.9 Å². The lowest BCUT2D eigenvalue weighted by Gasteiger charge is -2.10. The van der Waals surface area contributed by atoms with Crippen LogP contribution in [0.4, 0.5) is 5.82 Å². The molecule has 1 atom stereocenters. The standard InChI is InChI=1S/C16H19N5O2/c22-16(19-10-12-4-1-2-8-17-12)14-6-7-15(21-20-14)18-11-13-5-3-9-23-13/h1-2,4,6-8,13H,3,5,9-11H2,(H,18,21)(H,19,22). The van der Waals surface area contributed by atoms with Crippen molar-refractivity contribution in [3.63, 3.8) is 0 Å². The number of hydrogen-bond acceptors (Lipinski definition) is 6. The first-order chi connectivity index (χ1) is 11.3. The Morgan fingerprint density at radius 1 is 1.26 bits per heavy atom. The number of carbonyl (C=O) groups excluding carboxylic acids is 1. The second-order valence-corrected chi connectivity index (χ2v) is 5.32. The fraction of sp³-hybridized carbons (Fsp3) is 0.375. The van der Waals surface area contributed by atoms with Gasteiger partial charge in [0.25, 0.3) is 5.91 Å². The lowest BCUT2D eigenvalue weighted by atomic mass is 10.2. The minimum Gasteiger partial charge on any atom is -0.376 e. The molecular weight excluding hydrogens is 294 g/mol. The molecule has 0 aliphatic carbocycles. The zero-order valence-electron chi connectivity index (χ0n) is 12.7. The van der Waals surface area contributed by atoms with Crippen LogP contribution in [0.2, 0.25) is 0 Å². The number of aromatic nitrogens is 3. The van der Waals surface area contributed by atoms with E-state index in [0.717, 1.165) is 25.1 Å². The molecule has 1 aliphatic heterocycles. The van der Waals surface area contributed by atoms with Crippen molar-refractivity contribution in [1.82, 2.24) is 20.5 Å². The summed E-state index contributed by atoms with van der Waals surface area (Å²) in [5.41, 5.74) is 1.08. The Labute approximate surface area is 134 Å². The number of amides is 1. The van der Waals surface area contributed by atoms with Gasteiger partial charge in [0.1, 0.15) is 5.82 Å². The van der Waals surface area contributed by atoms with Gasteiger partial charge in [-0.25, -0.2) is 0 Å². The van der Waals surface area contributed by atoms with Gasteiger partial charge >= 0.3 is 0 Å². The summed E-state index contributed by atoms with van der Waals surface area (Å²) in [6.07, 6.45) is 4.09. The molecular formula is C16H19N5O2. The molecule has 2 aromatic rings. The van der Waals surface area contributed by atoms with Crippen LogP contribution in [0.5, 0.6) is 0 Å². The summed E-state index contributed by atoms with van der Waals surface area (Å²) in [7, 11) is 0. The Hall–Kier alpha value is -2.54. The number of nitrogens with one attached hydrogen (secondary N) is 2. The number of ether oxygens (including phenoxy) is 1. The summed E-state index contributed by atoms with van der Waals surface area (Å²) < 4.78 is 5.53. The zero-order chi connectivity index (χ0) is 15.9.